The van der Waals surface area contributed by atoms with E-state index >= 15 is 0 Å². The predicted molar refractivity (Wildman–Crippen MR) is 143 cm³/mol. The number of aromatic nitrogens is 4. The van der Waals surface area contributed by atoms with Crippen LogP contribution in [-0.2, 0) is 0 Å². The summed E-state index contributed by atoms with van der Waals surface area (Å²) < 4.78 is 20.1. The van der Waals surface area contributed by atoms with Crippen LogP contribution in [0.25, 0.3) is 11.3 Å². The van der Waals surface area contributed by atoms with Gasteiger partial charge < -0.3 is 20.7 Å². The molecule has 9 nitrogen and oxygen atoms in total. The average molecular weight is 508 g/mol. The largest absolute Gasteiger partial charge is 0.438 e. The van der Waals surface area contributed by atoms with Crippen molar-refractivity contribution in [1.29, 1.82) is 0 Å². The smallest absolute Gasteiger partial charge is 0.259 e. The summed E-state index contributed by atoms with van der Waals surface area (Å²) in [5.74, 6) is 0.778. The fourth-order valence-electron chi connectivity index (χ4n) is 3.59. The summed E-state index contributed by atoms with van der Waals surface area (Å²) in [5, 5.41) is 8.63. The van der Waals surface area contributed by atoms with Crippen LogP contribution in [0.4, 0.5) is 27.5 Å². The number of hydrogen-bond donors (Lipinski definition) is 3. The molecule has 0 atom stereocenters. The van der Waals surface area contributed by atoms with Crippen LogP contribution in [0.5, 0.6) is 11.6 Å². The first-order chi connectivity index (χ1) is 18.6. The maximum absolute atomic E-state index is 14.1. The standard InChI is InChI=1S/C28H22FN7O2/c1-30-28-33-17-14-23(36-28)20-6-4-16-32-27(20)38-19-12-10-18(11-13-19)34-26(37)21-7-5-15-31-25(21)35-24-9-3-2-8-22(24)29/h2-17H,1H3,(H,31,35)(H,34,37)(H,30,33,36). The van der Waals surface area contributed by atoms with E-state index in [1.807, 2.05) is 6.07 Å². The Morgan fingerprint density at radius 3 is 2.45 bits per heavy atom. The van der Waals surface area contributed by atoms with Crippen LogP contribution in [0, 0.1) is 5.82 Å². The molecule has 0 unspecified atom stereocenters. The van der Waals surface area contributed by atoms with E-state index in [1.165, 1.54) is 12.3 Å². The number of amides is 1. The molecule has 0 fully saturated rings. The van der Waals surface area contributed by atoms with Gasteiger partial charge in [-0.1, -0.05) is 12.1 Å². The number of anilines is 4. The monoisotopic (exact) mass is 507 g/mol. The van der Waals surface area contributed by atoms with Crippen molar-refractivity contribution in [2.45, 2.75) is 0 Å². The number of rotatable bonds is 8. The summed E-state index contributed by atoms with van der Waals surface area (Å²) in [5.41, 5.74) is 2.39. The Hall–Kier alpha value is -5.38. The Labute approximate surface area is 217 Å². The van der Waals surface area contributed by atoms with Gasteiger partial charge in [0.1, 0.15) is 17.4 Å². The van der Waals surface area contributed by atoms with Gasteiger partial charge in [-0.05, 0) is 66.7 Å². The number of nitrogens with one attached hydrogen (secondary N) is 3. The molecule has 1 amide bonds. The fourth-order valence-corrected chi connectivity index (χ4v) is 3.59. The number of carbonyl (C=O) groups excluding carboxylic acids is 1. The zero-order chi connectivity index (χ0) is 26.3. The van der Waals surface area contributed by atoms with E-state index in [9.17, 15) is 9.18 Å². The number of pyridine rings is 2. The van der Waals surface area contributed by atoms with E-state index in [0.29, 0.717) is 34.5 Å². The van der Waals surface area contributed by atoms with Crippen LogP contribution in [-0.4, -0.2) is 32.9 Å². The number of ether oxygens (including phenoxy) is 1. The maximum atomic E-state index is 14.1. The Bertz CT molecular complexity index is 1580. The molecule has 0 aliphatic rings. The van der Waals surface area contributed by atoms with Crippen molar-refractivity contribution in [3.63, 3.8) is 0 Å². The number of nitrogens with zero attached hydrogens (tertiary/aromatic N) is 4. The lowest BCUT2D eigenvalue weighted by Gasteiger charge is -2.13. The van der Waals surface area contributed by atoms with Gasteiger partial charge in [0.05, 0.1) is 22.5 Å². The minimum Gasteiger partial charge on any atom is -0.438 e. The fraction of sp³-hybridized carbons (Fsp3) is 0.0357. The second-order valence-electron chi connectivity index (χ2n) is 7.96. The van der Waals surface area contributed by atoms with Crippen molar-refractivity contribution in [3.05, 3.63) is 109 Å². The first-order valence-corrected chi connectivity index (χ1v) is 11.6. The third-order valence-corrected chi connectivity index (χ3v) is 5.43. The summed E-state index contributed by atoms with van der Waals surface area (Å²) in [6.45, 7) is 0. The van der Waals surface area contributed by atoms with Gasteiger partial charge in [0.25, 0.3) is 5.91 Å². The van der Waals surface area contributed by atoms with Crippen LogP contribution in [0.15, 0.2) is 97.5 Å². The van der Waals surface area contributed by atoms with E-state index in [0.717, 1.165) is 0 Å². The van der Waals surface area contributed by atoms with Crippen LogP contribution < -0.4 is 20.7 Å². The Morgan fingerprint density at radius 2 is 1.63 bits per heavy atom. The molecular formula is C28H22FN7O2. The molecule has 0 spiro atoms. The van der Waals surface area contributed by atoms with Crippen molar-refractivity contribution < 1.29 is 13.9 Å². The minimum absolute atomic E-state index is 0.222. The second kappa shape index (κ2) is 11.1. The van der Waals surface area contributed by atoms with E-state index in [2.05, 4.69) is 35.9 Å². The molecule has 0 saturated heterocycles. The molecule has 0 aliphatic heterocycles. The van der Waals surface area contributed by atoms with Crippen LogP contribution in [0.1, 0.15) is 10.4 Å². The molecule has 5 rings (SSSR count). The Balaban J connectivity index is 1.30. The first-order valence-electron chi connectivity index (χ1n) is 11.6. The lowest BCUT2D eigenvalue weighted by molar-refractivity contribution is 0.102. The van der Waals surface area contributed by atoms with Crippen molar-refractivity contribution in [2.75, 3.05) is 23.0 Å². The molecule has 38 heavy (non-hydrogen) atoms. The van der Waals surface area contributed by atoms with E-state index in [-0.39, 0.29) is 17.1 Å². The molecular weight excluding hydrogens is 485 g/mol. The first kappa shape index (κ1) is 24.3. The van der Waals surface area contributed by atoms with Crippen molar-refractivity contribution in [3.8, 4) is 22.9 Å². The molecule has 0 radical (unpaired) electrons. The quantitative estimate of drug-likeness (QED) is 0.238. The third kappa shape index (κ3) is 5.54. The topological polar surface area (TPSA) is 114 Å². The third-order valence-electron chi connectivity index (χ3n) is 5.43. The number of benzene rings is 2. The predicted octanol–water partition coefficient (Wildman–Crippen LogP) is 5.90. The van der Waals surface area contributed by atoms with Gasteiger partial charge in [0, 0.05) is 31.3 Å². The van der Waals surface area contributed by atoms with Gasteiger partial charge in [0.15, 0.2) is 0 Å². The number of carbonyl (C=O) groups is 1. The van der Waals surface area contributed by atoms with E-state index < -0.39 is 11.7 Å². The van der Waals surface area contributed by atoms with Crippen LogP contribution in [0.2, 0.25) is 0 Å². The molecule has 0 aliphatic carbocycles. The van der Waals surface area contributed by atoms with Crippen molar-refractivity contribution in [1.82, 2.24) is 19.9 Å². The highest BCUT2D eigenvalue weighted by molar-refractivity contribution is 6.07. The number of para-hydroxylation sites is 1. The van der Waals surface area contributed by atoms with Gasteiger partial charge in [0.2, 0.25) is 11.8 Å². The zero-order valence-corrected chi connectivity index (χ0v) is 20.2. The Morgan fingerprint density at radius 1 is 0.842 bits per heavy atom. The van der Waals surface area contributed by atoms with Crippen molar-refractivity contribution >= 4 is 29.0 Å². The van der Waals surface area contributed by atoms with E-state index in [1.54, 1.807) is 86.2 Å². The molecule has 0 saturated carbocycles. The average Bonchev–Trinajstić information content (AvgIpc) is 2.96. The normalized spacial score (nSPS) is 10.5. The maximum Gasteiger partial charge on any atom is 0.259 e. The second-order valence-corrected chi connectivity index (χ2v) is 7.96. The highest BCUT2D eigenvalue weighted by Gasteiger charge is 2.15. The van der Waals surface area contributed by atoms with Gasteiger partial charge in [-0.3, -0.25) is 4.79 Å². The molecule has 3 N–H and O–H groups in total. The number of halogens is 1. The summed E-state index contributed by atoms with van der Waals surface area (Å²) in [7, 11) is 1.74. The minimum atomic E-state index is -0.446. The van der Waals surface area contributed by atoms with E-state index in [4.69, 9.17) is 4.74 Å². The highest BCUT2D eigenvalue weighted by atomic mass is 19.1. The van der Waals surface area contributed by atoms with Crippen LogP contribution >= 0.6 is 0 Å². The molecule has 3 aromatic heterocycles. The summed E-state index contributed by atoms with van der Waals surface area (Å²) in [6.07, 6.45) is 4.81. The zero-order valence-electron chi connectivity index (χ0n) is 20.2. The Kier molecular flexibility index (Phi) is 7.12. The van der Waals surface area contributed by atoms with Gasteiger partial charge in [-0.25, -0.2) is 24.3 Å². The van der Waals surface area contributed by atoms with Gasteiger partial charge >= 0.3 is 0 Å². The summed E-state index contributed by atoms with van der Waals surface area (Å²) in [4.78, 5) is 30.2. The van der Waals surface area contributed by atoms with Gasteiger partial charge in [-0.15, -0.1) is 0 Å². The van der Waals surface area contributed by atoms with Crippen LogP contribution in [0.3, 0.4) is 0 Å². The summed E-state index contributed by atoms with van der Waals surface area (Å²) >= 11 is 0. The SMILES string of the molecule is CNc1nccc(-c2cccnc2Oc2ccc(NC(=O)c3cccnc3Nc3ccccc3F)cc2)n1. The summed E-state index contributed by atoms with van der Waals surface area (Å²) in [6, 6.07) is 21.7. The molecule has 5 aromatic rings. The lowest BCUT2D eigenvalue weighted by atomic mass is 10.2. The van der Waals surface area contributed by atoms with Gasteiger partial charge in [-0.2, -0.15) is 0 Å². The highest BCUT2D eigenvalue weighted by Crippen LogP contribution is 2.31. The molecule has 0 bridgehead atoms. The molecule has 188 valence electrons. The lowest BCUT2D eigenvalue weighted by Crippen LogP contribution is -2.14. The molecule has 3 heterocycles. The molecule has 2 aromatic carbocycles. The van der Waals surface area contributed by atoms with Crippen molar-refractivity contribution in [2.24, 2.45) is 0 Å². The number of hydrogen-bond acceptors (Lipinski definition) is 8. The molecule has 10 heteroatoms.